The summed E-state index contributed by atoms with van der Waals surface area (Å²) in [5.41, 5.74) is 2.31. The molecule has 0 bridgehead atoms. The minimum atomic E-state index is -0.694. The van der Waals surface area contributed by atoms with Gasteiger partial charge in [0, 0.05) is 32.2 Å². The third kappa shape index (κ3) is 5.20. The van der Waals surface area contributed by atoms with Crippen LogP contribution in [0.15, 0.2) is 48.0 Å². The minimum absolute atomic E-state index is 0.0619. The van der Waals surface area contributed by atoms with Gasteiger partial charge in [-0.2, -0.15) is 0 Å². The first-order chi connectivity index (χ1) is 16.9. The summed E-state index contributed by atoms with van der Waals surface area (Å²) in [5.74, 6) is 0.0381. The Hall–Kier alpha value is -3.32. The lowest BCUT2D eigenvalue weighted by Gasteiger charge is -2.25. The lowest BCUT2D eigenvalue weighted by Crippen LogP contribution is -2.31. The normalized spacial score (nSPS) is 20.7. The molecule has 1 fully saturated rings. The topological polar surface area (TPSA) is 85.3 Å². The van der Waals surface area contributed by atoms with Crippen LogP contribution in [0.4, 0.5) is 0 Å². The molecule has 4 rings (SSSR count). The predicted octanol–water partition coefficient (Wildman–Crippen LogP) is 4.65. The summed E-state index contributed by atoms with van der Waals surface area (Å²) in [7, 11) is 1.60. The van der Waals surface area contributed by atoms with Crippen molar-refractivity contribution in [1.82, 2.24) is 4.90 Å². The van der Waals surface area contributed by atoms with Crippen molar-refractivity contribution in [2.24, 2.45) is 0 Å². The number of carbonyl (C=O) groups is 2. The van der Waals surface area contributed by atoms with Crippen LogP contribution in [0.25, 0.3) is 5.76 Å². The molecule has 7 nitrogen and oxygen atoms in total. The second-order valence-electron chi connectivity index (χ2n) is 9.06. The summed E-state index contributed by atoms with van der Waals surface area (Å²) in [4.78, 5) is 27.8. The average molecular weight is 480 g/mol. The van der Waals surface area contributed by atoms with E-state index in [1.54, 1.807) is 19.2 Å². The molecular weight excluding hydrogens is 446 g/mol. The first-order valence-corrected chi connectivity index (χ1v) is 12.2. The SMILES string of the molecule is CCCCOc1ccc([C@@H]2C(=C(O)c3ccc4c(c3)C[C@@H](C)O4)C(=O)C(=O)N2CCCOC)cc1. The number of ether oxygens (including phenoxy) is 3. The van der Waals surface area contributed by atoms with Crippen LogP contribution < -0.4 is 9.47 Å². The monoisotopic (exact) mass is 479 g/mol. The number of fused-ring (bicyclic) bond motifs is 1. The van der Waals surface area contributed by atoms with Gasteiger partial charge in [-0.1, -0.05) is 25.5 Å². The number of likely N-dealkylation sites (tertiary alicyclic amines) is 1. The van der Waals surface area contributed by atoms with E-state index in [1.807, 2.05) is 37.3 Å². The zero-order valence-corrected chi connectivity index (χ0v) is 20.6. The summed E-state index contributed by atoms with van der Waals surface area (Å²) in [6.07, 6.45) is 3.37. The van der Waals surface area contributed by atoms with E-state index in [-0.39, 0.29) is 17.4 Å². The third-order valence-electron chi connectivity index (χ3n) is 6.42. The van der Waals surface area contributed by atoms with Crippen molar-refractivity contribution in [1.29, 1.82) is 0 Å². The maximum atomic E-state index is 13.2. The van der Waals surface area contributed by atoms with Gasteiger partial charge in [-0.05, 0) is 61.2 Å². The smallest absolute Gasteiger partial charge is 0.295 e. The highest BCUT2D eigenvalue weighted by molar-refractivity contribution is 6.46. The van der Waals surface area contributed by atoms with Crippen LogP contribution in [0.2, 0.25) is 0 Å². The van der Waals surface area contributed by atoms with E-state index >= 15 is 0 Å². The first kappa shape index (κ1) is 24.8. The fourth-order valence-electron chi connectivity index (χ4n) is 4.64. The Bertz CT molecular complexity index is 1110. The highest BCUT2D eigenvalue weighted by Gasteiger charge is 2.45. The van der Waals surface area contributed by atoms with Gasteiger partial charge >= 0.3 is 0 Å². The fourth-order valence-corrected chi connectivity index (χ4v) is 4.64. The molecule has 2 heterocycles. The van der Waals surface area contributed by atoms with Crippen LogP contribution in [-0.2, 0) is 20.7 Å². The van der Waals surface area contributed by atoms with Crippen LogP contribution in [0.1, 0.15) is 55.8 Å². The molecule has 0 spiro atoms. The molecule has 1 N–H and O–H groups in total. The first-order valence-electron chi connectivity index (χ1n) is 12.2. The van der Waals surface area contributed by atoms with Crippen molar-refractivity contribution in [2.75, 3.05) is 26.9 Å². The molecule has 7 heteroatoms. The van der Waals surface area contributed by atoms with Gasteiger partial charge in [0.05, 0.1) is 18.2 Å². The van der Waals surface area contributed by atoms with Crippen molar-refractivity contribution in [3.05, 3.63) is 64.7 Å². The highest BCUT2D eigenvalue weighted by Crippen LogP contribution is 2.41. The standard InChI is InChI=1S/C28H33NO6/c1-4-5-15-34-22-10-7-19(8-11-22)25-24(27(31)28(32)29(25)13-6-14-33-3)26(30)20-9-12-23-21(17-20)16-18(2)35-23/h7-12,17-18,25,30H,4-6,13-16H2,1-3H3/t18-,25-/m1/s1. The summed E-state index contributed by atoms with van der Waals surface area (Å²) < 4.78 is 16.7. The van der Waals surface area contributed by atoms with Crippen LogP contribution in [-0.4, -0.2) is 54.7 Å². The van der Waals surface area contributed by atoms with E-state index in [9.17, 15) is 14.7 Å². The van der Waals surface area contributed by atoms with Crippen molar-refractivity contribution < 1.29 is 28.9 Å². The Morgan fingerprint density at radius 2 is 1.89 bits per heavy atom. The van der Waals surface area contributed by atoms with Gasteiger partial charge in [0.15, 0.2) is 0 Å². The Kier molecular flexibility index (Phi) is 7.76. The average Bonchev–Trinajstić information content (AvgIpc) is 3.35. The Morgan fingerprint density at radius 3 is 2.60 bits per heavy atom. The number of unbranched alkanes of at least 4 members (excludes halogenated alkanes) is 1. The van der Waals surface area contributed by atoms with E-state index < -0.39 is 17.7 Å². The van der Waals surface area contributed by atoms with Crippen LogP contribution in [0, 0.1) is 0 Å². The van der Waals surface area contributed by atoms with E-state index in [1.165, 1.54) is 4.90 Å². The molecule has 0 unspecified atom stereocenters. The maximum Gasteiger partial charge on any atom is 0.295 e. The van der Waals surface area contributed by atoms with E-state index in [2.05, 4.69) is 6.92 Å². The fraction of sp³-hybridized carbons (Fsp3) is 0.429. The molecular formula is C28H33NO6. The number of benzene rings is 2. The maximum absolute atomic E-state index is 13.2. The molecule has 0 saturated carbocycles. The van der Waals surface area contributed by atoms with Crippen LogP contribution in [0.3, 0.4) is 0 Å². The number of aliphatic hydroxyl groups excluding tert-OH is 1. The number of aliphatic hydroxyl groups is 1. The largest absolute Gasteiger partial charge is 0.507 e. The van der Waals surface area contributed by atoms with E-state index in [4.69, 9.17) is 14.2 Å². The minimum Gasteiger partial charge on any atom is -0.507 e. The molecule has 2 aromatic carbocycles. The summed E-state index contributed by atoms with van der Waals surface area (Å²) in [6, 6.07) is 12.1. The van der Waals surface area contributed by atoms with Gasteiger partial charge in [-0.25, -0.2) is 0 Å². The zero-order chi connectivity index (χ0) is 24.9. The van der Waals surface area contributed by atoms with Gasteiger partial charge in [-0.3, -0.25) is 9.59 Å². The number of rotatable bonds is 10. The molecule has 2 atom stereocenters. The van der Waals surface area contributed by atoms with Crippen molar-refractivity contribution in [2.45, 2.75) is 51.7 Å². The third-order valence-corrected chi connectivity index (χ3v) is 6.42. The molecule has 2 aliphatic rings. The van der Waals surface area contributed by atoms with Gasteiger partial charge in [0.1, 0.15) is 23.4 Å². The molecule has 1 saturated heterocycles. The summed E-state index contributed by atoms with van der Waals surface area (Å²) >= 11 is 0. The van der Waals surface area contributed by atoms with Crippen molar-refractivity contribution >= 4 is 17.4 Å². The number of hydrogen-bond acceptors (Lipinski definition) is 6. The number of hydrogen-bond donors (Lipinski definition) is 1. The molecule has 186 valence electrons. The predicted molar refractivity (Wildman–Crippen MR) is 133 cm³/mol. The van der Waals surface area contributed by atoms with Gasteiger partial charge in [0.25, 0.3) is 11.7 Å². The molecule has 2 aliphatic heterocycles. The lowest BCUT2D eigenvalue weighted by atomic mass is 9.94. The van der Waals surface area contributed by atoms with Crippen LogP contribution in [0.5, 0.6) is 11.5 Å². The van der Waals surface area contributed by atoms with Gasteiger partial charge in [0.2, 0.25) is 0 Å². The number of amides is 1. The molecule has 0 radical (unpaired) electrons. The second-order valence-corrected chi connectivity index (χ2v) is 9.06. The highest BCUT2D eigenvalue weighted by atomic mass is 16.5. The Morgan fingerprint density at radius 1 is 1.11 bits per heavy atom. The van der Waals surface area contributed by atoms with Crippen molar-refractivity contribution in [3.8, 4) is 11.5 Å². The summed E-state index contributed by atoms with van der Waals surface area (Å²) in [6.45, 7) is 5.52. The van der Waals surface area contributed by atoms with Crippen LogP contribution >= 0.6 is 0 Å². The summed E-state index contributed by atoms with van der Waals surface area (Å²) in [5, 5.41) is 11.3. The number of ketones is 1. The lowest BCUT2D eigenvalue weighted by molar-refractivity contribution is -0.140. The molecule has 2 aromatic rings. The quantitative estimate of drug-likeness (QED) is 0.231. The molecule has 35 heavy (non-hydrogen) atoms. The van der Waals surface area contributed by atoms with Gasteiger partial charge < -0.3 is 24.2 Å². The second kappa shape index (κ2) is 11.0. The number of nitrogens with zero attached hydrogens (tertiary/aromatic N) is 1. The van der Waals surface area contributed by atoms with E-state index in [0.717, 1.165) is 41.9 Å². The van der Waals surface area contributed by atoms with Gasteiger partial charge in [-0.15, -0.1) is 0 Å². The van der Waals surface area contributed by atoms with Crippen molar-refractivity contribution in [3.63, 3.8) is 0 Å². The molecule has 0 aromatic heterocycles. The van der Waals surface area contributed by atoms with E-state index in [0.29, 0.717) is 31.7 Å². The Labute approximate surface area is 206 Å². The number of carbonyl (C=O) groups excluding carboxylic acids is 2. The molecule has 1 amide bonds. The number of methoxy groups -OCH3 is 1. The number of Topliss-reactive ketones (excluding diaryl/α,β-unsaturated/α-hetero) is 1. The zero-order valence-electron chi connectivity index (χ0n) is 20.6. The Balaban J connectivity index is 1.72. The molecule has 0 aliphatic carbocycles.